The second-order valence-corrected chi connectivity index (χ2v) is 4.98. The van der Waals surface area contributed by atoms with Crippen LogP contribution in [0.25, 0.3) is 5.57 Å². The van der Waals surface area contributed by atoms with Crippen LogP contribution in [0, 0.1) is 0 Å². The normalized spacial score (nSPS) is 18.7. The number of carbonyl (C=O) groups is 1. The number of nitrogens with two attached hydrogens (primary N) is 2. The molecule has 1 aliphatic rings. The fourth-order valence-electron chi connectivity index (χ4n) is 1.87. The van der Waals surface area contributed by atoms with E-state index in [9.17, 15) is 23.1 Å². The molecule has 124 valence electrons. The van der Waals surface area contributed by atoms with E-state index >= 15 is 0 Å². The molecule has 1 unspecified atom stereocenters. The summed E-state index contributed by atoms with van der Waals surface area (Å²) in [6, 6.07) is 4.02. The van der Waals surface area contributed by atoms with Crippen molar-refractivity contribution in [3.63, 3.8) is 0 Å². The van der Waals surface area contributed by atoms with E-state index in [0.717, 1.165) is 6.08 Å². The van der Waals surface area contributed by atoms with Gasteiger partial charge in [-0.25, -0.2) is 10.6 Å². The monoisotopic (exact) mass is 349 g/mol. The number of cyclic esters (lactones) is 1. The van der Waals surface area contributed by atoms with Gasteiger partial charge in [-0.3, -0.25) is 5.01 Å². The van der Waals surface area contributed by atoms with Gasteiger partial charge in [-0.15, -0.1) is 0 Å². The van der Waals surface area contributed by atoms with E-state index in [-0.39, 0.29) is 21.8 Å². The Morgan fingerprint density at radius 1 is 1.43 bits per heavy atom. The smallest absolute Gasteiger partial charge is 0.428 e. The maximum Gasteiger partial charge on any atom is 0.432 e. The number of hydrogen-bond donors (Lipinski definition) is 3. The topological polar surface area (TPSA) is 102 Å². The summed E-state index contributed by atoms with van der Waals surface area (Å²) in [4.78, 5) is 11.2. The van der Waals surface area contributed by atoms with Crippen LogP contribution in [0.15, 0.2) is 36.2 Å². The highest BCUT2D eigenvalue weighted by Crippen LogP contribution is 2.34. The number of rotatable bonds is 3. The number of ether oxygens (including phenoxy) is 1. The van der Waals surface area contributed by atoms with Crippen LogP contribution >= 0.6 is 11.6 Å². The second kappa shape index (κ2) is 6.11. The largest absolute Gasteiger partial charge is 0.432 e. The Bertz CT molecular complexity index is 703. The number of allylic oxidation sites excluding steroid dienone is 1. The highest BCUT2D eigenvalue weighted by molar-refractivity contribution is 6.31. The Balaban J connectivity index is 2.48. The van der Waals surface area contributed by atoms with Crippen LogP contribution in [0.5, 0.6) is 0 Å². The first-order valence-electron chi connectivity index (χ1n) is 6.08. The molecular weight excluding hydrogens is 339 g/mol. The number of nitrogens with zero attached hydrogens (tertiary/aromatic N) is 1. The van der Waals surface area contributed by atoms with Gasteiger partial charge < -0.3 is 15.6 Å². The van der Waals surface area contributed by atoms with Gasteiger partial charge in [-0.05, 0) is 18.2 Å². The molecule has 0 saturated carbocycles. The molecule has 10 heteroatoms. The van der Waals surface area contributed by atoms with Gasteiger partial charge in [0.25, 0.3) is 0 Å². The van der Waals surface area contributed by atoms with Gasteiger partial charge in [0.15, 0.2) is 0 Å². The van der Waals surface area contributed by atoms with E-state index in [4.69, 9.17) is 23.2 Å². The van der Waals surface area contributed by atoms with E-state index in [1.165, 1.54) is 18.2 Å². The average Bonchev–Trinajstić information content (AvgIpc) is 2.76. The molecule has 0 fully saturated rings. The van der Waals surface area contributed by atoms with Crippen LogP contribution < -0.4 is 16.6 Å². The van der Waals surface area contributed by atoms with E-state index in [2.05, 4.69) is 4.74 Å². The molecule has 6 nitrogen and oxygen atoms in total. The lowest BCUT2D eigenvalue weighted by Crippen LogP contribution is -2.30. The number of anilines is 1. The van der Waals surface area contributed by atoms with Crippen molar-refractivity contribution in [2.75, 3.05) is 5.01 Å². The van der Waals surface area contributed by atoms with E-state index in [0.29, 0.717) is 11.2 Å². The van der Waals surface area contributed by atoms with Crippen LogP contribution in [0.1, 0.15) is 5.56 Å². The number of hydrogen-bond acceptors (Lipinski definition) is 6. The summed E-state index contributed by atoms with van der Waals surface area (Å²) in [6.07, 6.45) is -4.87. The maximum absolute atomic E-state index is 12.5. The second-order valence-electron chi connectivity index (χ2n) is 4.54. The Labute approximate surface area is 133 Å². The highest BCUT2D eigenvalue weighted by atomic mass is 35.5. The van der Waals surface area contributed by atoms with Crippen LogP contribution in [-0.4, -0.2) is 23.5 Å². The molecule has 1 aromatic carbocycles. The Hall–Kier alpha value is -2.23. The predicted molar refractivity (Wildman–Crippen MR) is 76.5 cm³/mol. The third-order valence-electron chi connectivity index (χ3n) is 2.92. The lowest BCUT2D eigenvalue weighted by molar-refractivity contribution is -0.149. The van der Waals surface area contributed by atoms with Gasteiger partial charge in [0.1, 0.15) is 5.70 Å². The number of hydrazine groups is 1. The molecule has 0 bridgehead atoms. The molecule has 0 aromatic heterocycles. The summed E-state index contributed by atoms with van der Waals surface area (Å²) in [7, 11) is 0. The van der Waals surface area contributed by atoms with Crippen LogP contribution in [0.3, 0.4) is 0 Å². The fourth-order valence-corrected chi connectivity index (χ4v) is 2.05. The summed E-state index contributed by atoms with van der Waals surface area (Å²) in [5, 5.41) is 10.5. The molecule has 0 spiro atoms. The summed E-state index contributed by atoms with van der Waals surface area (Å²) in [5.74, 6) is 4.79. The van der Waals surface area contributed by atoms with Crippen LogP contribution in [0.2, 0.25) is 5.02 Å². The lowest BCUT2D eigenvalue weighted by Gasteiger charge is -2.21. The summed E-state index contributed by atoms with van der Waals surface area (Å²) < 4.78 is 42.0. The third-order valence-corrected chi connectivity index (χ3v) is 3.16. The highest BCUT2D eigenvalue weighted by Gasteiger charge is 2.33. The minimum atomic E-state index is -4.75. The maximum atomic E-state index is 12.5. The van der Waals surface area contributed by atoms with Crippen molar-refractivity contribution in [3.8, 4) is 0 Å². The molecule has 0 aliphatic carbocycles. The molecule has 2 rings (SSSR count). The molecule has 1 heterocycles. The van der Waals surface area contributed by atoms with Gasteiger partial charge in [-0.1, -0.05) is 11.6 Å². The van der Waals surface area contributed by atoms with Gasteiger partial charge in [-0.2, -0.15) is 13.2 Å². The zero-order chi connectivity index (χ0) is 17.4. The zero-order valence-electron chi connectivity index (χ0n) is 11.3. The Morgan fingerprint density at radius 3 is 2.61 bits per heavy atom. The zero-order valence-corrected chi connectivity index (χ0v) is 12.1. The molecule has 0 amide bonds. The SMILES string of the molecule is N/C(=C\N(N)c1ccc(Cl)cc1C1=CC(=O)OC1O)C(F)(F)F. The number of aliphatic hydroxyl groups is 1. The molecule has 0 radical (unpaired) electrons. The third kappa shape index (κ3) is 3.76. The summed E-state index contributed by atoms with van der Waals surface area (Å²) in [6.45, 7) is 0. The standard InChI is InChI=1S/C13H11ClF3N3O3/c14-6-1-2-9(20(19)5-10(18)13(15,16)17)7(3-6)8-4-11(21)23-12(8)22/h1-5,12,22H,18-19H2/b10-5-. The van der Waals surface area contributed by atoms with Crippen molar-refractivity contribution in [2.24, 2.45) is 11.6 Å². The quantitative estimate of drug-likeness (QED) is 0.435. The molecule has 1 aromatic rings. The first kappa shape index (κ1) is 17.1. The van der Waals surface area contributed by atoms with Gasteiger partial charge in [0.05, 0.1) is 5.69 Å². The molecule has 5 N–H and O–H groups in total. The number of carbonyl (C=O) groups excluding carboxylic acids is 1. The number of esters is 1. The predicted octanol–water partition coefficient (Wildman–Crippen LogP) is 1.64. The van der Waals surface area contributed by atoms with E-state index in [1.807, 2.05) is 0 Å². The van der Waals surface area contributed by atoms with E-state index < -0.39 is 24.1 Å². The first-order valence-corrected chi connectivity index (χ1v) is 6.46. The average molecular weight is 350 g/mol. The van der Waals surface area contributed by atoms with Crippen molar-refractivity contribution < 1.29 is 27.8 Å². The van der Waals surface area contributed by atoms with Crippen LogP contribution in [-0.2, 0) is 9.53 Å². The van der Waals surface area contributed by atoms with Gasteiger partial charge in [0, 0.05) is 28.4 Å². The molecule has 1 aliphatic heterocycles. The van der Waals surface area contributed by atoms with Crippen molar-refractivity contribution in [1.82, 2.24) is 0 Å². The van der Waals surface area contributed by atoms with Gasteiger partial charge in [0.2, 0.25) is 6.29 Å². The Morgan fingerprint density at radius 2 is 2.09 bits per heavy atom. The number of aliphatic hydroxyl groups excluding tert-OH is 1. The molecular formula is C13H11ClF3N3O3. The number of benzene rings is 1. The summed E-state index contributed by atoms with van der Waals surface area (Å²) >= 11 is 5.85. The molecule has 23 heavy (non-hydrogen) atoms. The minimum Gasteiger partial charge on any atom is -0.428 e. The molecule has 0 saturated heterocycles. The number of halogens is 4. The van der Waals surface area contributed by atoms with Gasteiger partial charge >= 0.3 is 12.1 Å². The van der Waals surface area contributed by atoms with Crippen LogP contribution in [0.4, 0.5) is 18.9 Å². The minimum absolute atomic E-state index is 0.0157. The van der Waals surface area contributed by atoms with Crippen molar-refractivity contribution in [1.29, 1.82) is 0 Å². The Kier molecular flexibility index (Phi) is 4.55. The summed E-state index contributed by atoms with van der Waals surface area (Å²) in [5.41, 5.74) is 3.67. The molecule has 1 atom stereocenters. The fraction of sp³-hybridized carbons (Fsp3) is 0.154. The lowest BCUT2D eigenvalue weighted by atomic mass is 10.0. The van der Waals surface area contributed by atoms with Crippen molar-refractivity contribution >= 4 is 28.8 Å². The van der Waals surface area contributed by atoms with Crippen molar-refractivity contribution in [3.05, 3.63) is 46.8 Å². The van der Waals surface area contributed by atoms with E-state index in [1.54, 1.807) is 0 Å². The number of alkyl halides is 3. The van der Waals surface area contributed by atoms with Crippen molar-refractivity contribution in [2.45, 2.75) is 12.5 Å². The first-order chi connectivity index (χ1) is 10.6.